The number of nitrogens with zero attached hydrogens (tertiary/aromatic N) is 3. The number of primary amides is 1. The number of fused-ring (bicyclic) bond motifs is 1. The second kappa shape index (κ2) is 7.00. The van der Waals surface area contributed by atoms with E-state index in [0.29, 0.717) is 17.1 Å². The predicted octanol–water partition coefficient (Wildman–Crippen LogP) is 1.67. The number of carbonyl (C=O) groups excluding carboxylic acids is 1. The number of methoxy groups -OCH3 is 1. The maximum absolute atomic E-state index is 12.7. The Hall–Kier alpha value is -4.34. The molecule has 4 aromatic rings. The summed E-state index contributed by atoms with van der Waals surface area (Å²) in [7, 11) is 1.48. The Balaban J connectivity index is 1.98. The largest absolute Gasteiger partial charge is 0.506 e. The van der Waals surface area contributed by atoms with Crippen LogP contribution in [-0.4, -0.2) is 37.6 Å². The molecule has 2 aromatic heterocycles. The summed E-state index contributed by atoms with van der Waals surface area (Å²) >= 11 is 0. The van der Waals surface area contributed by atoms with Gasteiger partial charge in [-0.05, 0) is 24.3 Å². The fourth-order valence-corrected chi connectivity index (χ4v) is 2.96. The minimum atomic E-state index is -0.842. The van der Waals surface area contributed by atoms with E-state index in [1.54, 1.807) is 42.5 Å². The zero-order valence-corrected chi connectivity index (χ0v) is 15.2. The average Bonchev–Trinajstić information content (AvgIpc) is 3.04. The number of carbonyl (C=O) groups is 1. The minimum absolute atomic E-state index is 0.0181. The van der Waals surface area contributed by atoms with E-state index in [1.807, 2.05) is 0 Å². The van der Waals surface area contributed by atoms with E-state index in [0.717, 1.165) is 0 Å². The summed E-state index contributed by atoms with van der Waals surface area (Å²) in [5.74, 6) is -0.459. The molecule has 0 aliphatic carbocycles. The van der Waals surface area contributed by atoms with Gasteiger partial charge in [0.25, 0.3) is 5.91 Å². The lowest BCUT2D eigenvalue weighted by molar-refractivity contribution is 0.0997. The number of nitrogens with one attached hydrogen (secondary N) is 2. The van der Waals surface area contributed by atoms with Crippen molar-refractivity contribution < 1.29 is 14.6 Å². The zero-order valence-electron chi connectivity index (χ0n) is 15.2. The molecule has 0 bridgehead atoms. The molecule has 146 valence electrons. The average molecular weight is 392 g/mol. The number of imidazole rings is 1. The maximum atomic E-state index is 12.7. The summed E-state index contributed by atoms with van der Waals surface area (Å²) in [6, 6.07) is 13.3. The van der Waals surface area contributed by atoms with Crippen molar-refractivity contribution in [2.24, 2.45) is 5.73 Å². The first-order valence-electron chi connectivity index (χ1n) is 8.50. The van der Waals surface area contributed by atoms with E-state index in [9.17, 15) is 14.7 Å². The first-order chi connectivity index (χ1) is 14.0. The molecule has 0 atom stereocenters. The van der Waals surface area contributed by atoms with Gasteiger partial charge in [-0.25, -0.2) is 14.3 Å². The zero-order chi connectivity index (χ0) is 20.5. The number of H-pyrrole nitrogens is 1. The number of phenols is 1. The lowest BCUT2D eigenvalue weighted by atomic mass is 10.3. The van der Waals surface area contributed by atoms with Crippen molar-refractivity contribution in [3.63, 3.8) is 0 Å². The molecule has 5 N–H and O–H groups in total. The number of hydrogen-bond acceptors (Lipinski definition) is 7. The van der Waals surface area contributed by atoms with Crippen LogP contribution in [0.3, 0.4) is 0 Å². The van der Waals surface area contributed by atoms with Crippen LogP contribution in [0.15, 0.2) is 53.3 Å². The number of amides is 1. The van der Waals surface area contributed by atoms with E-state index in [2.05, 4.69) is 20.3 Å². The SMILES string of the molecule is COc1ccccc1-n1c(=O)[nH]c2c(C(N)=O)nc(Nc3ccccc3O)nc21. The van der Waals surface area contributed by atoms with Gasteiger partial charge in [-0.3, -0.25) is 4.79 Å². The molecular formula is C19H16N6O4. The highest BCUT2D eigenvalue weighted by Gasteiger charge is 2.21. The van der Waals surface area contributed by atoms with Gasteiger partial charge in [0.15, 0.2) is 11.3 Å². The maximum Gasteiger partial charge on any atom is 0.332 e. The minimum Gasteiger partial charge on any atom is -0.506 e. The topological polar surface area (TPSA) is 148 Å². The smallest absolute Gasteiger partial charge is 0.332 e. The molecule has 0 unspecified atom stereocenters. The van der Waals surface area contributed by atoms with Crippen molar-refractivity contribution in [3.05, 3.63) is 64.7 Å². The van der Waals surface area contributed by atoms with Crippen LogP contribution in [-0.2, 0) is 0 Å². The number of nitrogens with two attached hydrogens (primary N) is 1. The van der Waals surface area contributed by atoms with Crippen molar-refractivity contribution in [3.8, 4) is 17.2 Å². The molecule has 2 aromatic carbocycles. The molecular weight excluding hydrogens is 376 g/mol. The highest BCUT2D eigenvalue weighted by atomic mass is 16.5. The highest BCUT2D eigenvalue weighted by Crippen LogP contribution is 2.27. The summed E-state index contributed by atoms with van der Waals surface area (Å²) in [6.45, 7) is 0. The second-order valence-electron chi connectivity index (χ2n) is 6.04. The number of aromatic nitrogens is 4. The van der Waals surface area contributed by atoms with Crippen LogP contribution in [0, 0.1) is 0 Å². The fourth-order valence-electron chi connectivity index (χ4n) is 2.96. The number of rotatable bonds is 5. The van der Waals surface area contributed by atoms with Gasteiger partial charge in [-0.1, -0.05) is 24.3 Å². The van der Waals surface area contributed by atoms with Gasteiger partial charge < -0.3 is 25.9 Å². The van der Waals surface area contributed by atoms with Gasteiger partial charge in [0.2, 0.25) is 5.95 Å². The lowest BCUT2D eigenvalue weighted by Gasteiger charge is -2.11. The van der Waals surface area contributed by atoms with Crippen molar-refractivity contribution in [1.82, 2.24) is 19.5 Å². The van der Waals surface area contributed by atoms with E-state index in [-0.39, 0.29) is 28.6 Å². The Morgan fingerprint density at radius 2 is 1.90 bits per heavy atom. The van der Waals surface area contributed by atoms with Crippen molar-refractivity contribution >= 4 is 28.7 Å². The van der Waals surface area contributed by atoms with E-state index < -0.39 is 11.6 Å². The number of para-hydroxylation sites is 4. The molecule has 0 aliphatic rings. The normalized spacial score (nSPS) is 10.8. The van der Waals surface area contributed by atoms with Crippen LogP contribution < -0.4 is 21.5 Å². The number of aromatic amines is 1. The molecule has 0 aliphatic heterocycles. The summed E-state index contributed by atoms with van der Waals surface area (Å²) in [4.78, 5) is 35.7. The van der Waals surface area contributed by atoms with Gasteiger partial charge in [-0.15, -0.1) is 0 Å². The molecule has 29 heavy (non-hydrogen) atoms. The van der Waals surface area contributed by atoms with E-state index in [4.69, 9.17) is 10.5 Å². The first-order valence-corrected chi connectivity index (χ1v) is 8.50. The monoisotopic (exact) mass is 392 g/mol. The molecule has 0 spiro atoms. The lowest BCUT2D eigenvalue weighted by Crippen LogP contribution is -2.16. The standard InChI is InChI=1S/C19H16N6O4/c1-29-13-9-5-3-7-11(13)25-17-15(23-19(25)28)14(16(20)27)22-18(24-17)21-10-6-2-4-8-12(10)26/h2-9,26H,1H3,(H2,20,27)(H,23,28)(H,21,22,24). The third-order valence-corrected chi connectivity index (χ3v) is 4.25. The first kappa shape index (κ1) is 18.0. The summed E-state index contributed by atoms with van der Waals surface area (Å²) < 4.78 is 6.60. The van der Waals surface area contributed by atoms with Gasteiger partial charge in [-0.2, -0.15) is 4.98 Å². The predicted molar refractivity (Wildman–Crippen MR) is 106 cm³/mol. The quantitative estimate of drug-likeness (QED) is 0.378. The Bertz CT molecular complexity index is 1290. The molecule has 0 saturated heterocycles. The van der Waals surface area contributed by atoms with Crippen molar-refractivity contribution in [1.29, 1.82) is 0 Å². The molecule has 2 heterocycles. The molecule has 0 fully saturated rings. The van der Waals surface area contributed by atoms with Gasteiger partial charge in [0.1, 0.15) is 17.0 Å². The Morgan fingerprint density at radius 3 is 2.62 bits per heavy atom. The number of hydrogen-bond donors (Lipinski definition) is 4. The Morgan fingerprint density at radius 1 is 1.17 bits per heavy atom. The summed E-state index contributed by atoms with van der Waals surface area (Å²) in [5, 5.41) is 12.8. The van der Waals surface area contributed by atoms with Gasteiger partial charge in [0, 0.05) is 0 Å². The van der Waals surface area contributed by atoms with Crippen LogP contribution >= 0.6 is 0 Å². The van der Waals surface area contributed by atoms with Crippen LogP contribution in [0.1, 0.15) is 10.5 Å². The fraction of sp³-hybridized carbons (Fsp3) is 0.0526. The van der Waals surface area contributed by atoms with Gasteiger partial charge in [0.05, 0.1) is 18.5 Å². The number of ether oxygens (including phenoxy) is 1. The molecule has 0 radical (unpaired) electrons. The Labute approximate surface area is 163 Å². The molecule has 10 nitrogen and oxygen atoms in total. The second-order valence-corrected chi connectivity index (χ2v) is 6.04. The molecule has 4 rings (SSSR count). The van der Waals surface area contributed by atoms with Crippen LogP contribution in [0.5, 0.6) is 11.5 Å². The number of phenolic OH excluding ortho intramolecular Hbond substituents is 1. The van der Waals surface area contributed by atoms with E-state index >= 15 is 0 Å². The number of benzene rings is 2. The molecule has 0 saturated carbocycles. The third-order valence-electron chi connectivity index (χ3n) is 4.25. The summed E-state index contributed by atoms with van der Waals surface area (Å²) in [6.07, 6.45) is 0. The van der Waals surface area contributed by atoms with Crippen LogP contribution in [0.4, 0.5) is 11.6 Å². The molecule has 10 heteroatoms. The molecule has 1 amide bonds. The number of aromatic hydroxyl groups is 1. The highest BCUT2D eigenvalue weighted by molar-refractivity contribution is 6.02. The van der Waals surface area contributed by atoms with E-state index in [1.165, 1.54) is 17.7 Å². The number of anilines is 2. The van der Waals surface area contributed by atoms with Gasteiger partial charge >= 0.3 is 5.69 Å². The Kier molecular flexibility index (Phi) is 4.36. The van der Waals surface area contributed by atoms with Crippen molar-refractivity contribution in [2.75, 3.05) is 12.4 Å². The van der Waals surface area contributed by atoms with Crippen LogP contribution in [0.25, 0.3) is 16.9 Å². The summed E-state index contributed by atoms with van der Waals surface area (Å²) in [5.41, 5.74) is 5.72. The third kappa shape index (κ3) is 3.12. The van der Waals surface area contributed by atoms with Crippen LogP contribution in [0.2, 0.25) is 0 Å². The van der Waals surface area contributed by atoms with Crippen molar-refractivity contribution in [2.45, 2.75) is 0 Å².